The average Bonchev–Trinajstić information content (AvgIpc) is 3.35. The number of carbonyl (C=O) groups excluding carboxylic acids is 1. The zero-order valence-corrected chi connectivity index (χ0v) is 24.6. The van der Waals surface area contributed by atoms with Crippen LogP contribution in [0.15, 0.2) is 52.1 Å². The first-order valence-corrected chi connectivity index (χ1v) is 15.5. The summed E-state index contributed by atoms with van der Waals surface area (Å²) in [5, 5.41) is 7.29. The van der Waals surface area contributed by atoms with E-state index in [4.69, 9.17) is 25.8 Å². The highest BCUT2D eigenvalue weighted by molar-refractivity contribution is 7.89. The number of hydrogen-bond acceptors (Lipinski definition) is 7. The topological polar surface area (TPSA) is 94.2 Å². The van der Waals surface area contributed by atoms with Gasteiger partial charge >= 0.3 is 0 Å². The monoisotopic (exact) mass is 592 g/mol. The second-order valence-corrected chi connectivity index (χ2v) is 12.3. The van der Waals surface area contributed by atoms with E-state index in [2.05, 4.69) is 10.7 Å². The van der Waals surface area contributed by atoms with Crippen molar-refractivity contribution in [3.8, 4) is 17.2 Å². The van der Waals surface area contributed by atoms with Gasteiger partial charge in [-0.25, -0.2) is 8.42 Å². The summed E-state index contributed by atoms with van der Waals surface area (Å²) in [7, 11) is -1.07. The minimum atomic E-state index is -4.11. The maximum absolute atomic E-state index is 14.1. The molecule has 3 aromatic rings. The standard InChI is InChI=1S/C28H33ClN2O6S2/c1-19-22(29)7-6-9-26(19)39(33,34)31(23-8-4-5-12-30-28(23)32)17-21-15-24(35-2)27(25(16-21)36-3)37-13-10-20-11-14-38-18-20/h6-7,9,11,14-16,18,23H,4-5,8,10,12-13,17H2,1-3H3,(H,30,32)/t23-/m0/s1. The first-order chi connectivity index (χ1) is 18.8. The fourth-order valence-corrected chi connectivity index (χ4v) is 7.40. The number of thiophene rings is 1. The van der Waals surface area contributed by atoms with E-state index in [-0.39, 0.29) is 17.3 Å². The fraction of sp³-hybridized carbons (Fsp3) is 0.393. The molecule has 0 saturated carbocycles. The summed E-state index contributed by atoms with van der Waals surface area (Å²) in [5.74, 6) is 0.946. The van der Waals surface area contributed by atoms with Crippen LogP contribution in [0, 0.1) is 6.92 Å². The Hall–Kier alpha value is -2.79. The molecule has 2 aromatic carbocycles. The number of carbonyl (C=O) groups is 1. The summed E-state index contributed by atoms with van der Waals surface area (Å²) in [5.41, 5.74) is 2.20. The van der Waals surface area contributed by atoms with Crippen LogP contribution in [0.4, 0.5) is 0 Å². The second-order valence-electron chi connectivity index (χ2n) is 9.28. The molecular formula is C28H33ClN2O6S2. The van der Waals surface area contributed by atoms with Gasteiger partial charge in [-0.1, -0.05) is 17.7 Å². The molecule has 210 valence electrons. The van der Waals surface area contributed by atoms with Crippen LogP contribution in [0.1, 0.15) is 36.0 Å². The molecule has 1 aromatic heterocycles. The number of hydrogen-bond donors (Lipinski definition) is 1. The first-order valence-electron chi connectivity index (χ1n) is 12.7. The lowest BCUT2D eigenvalue weighted by molar-refractivity contribution is -0.124. The van der Waals surface area contributed by atoms with E-state index >= 15 is 0 Å². The van der Waals surface area contributed by atoms with Gasteiger partial charge < -0.3 is 19.5 Å². The van der Waals surface area contributed by atoms with Crippen molar-refractivity contribution in [3.63, 3.8) is 0 Å². The fourth-order valence-electron chi connectivity index (χ4n) is 4.61. The van der Waals surface area contributed by atoms with Gasteiger partial charge in [0, 0.05) is 24.5 Å². The predicted octanol–water partition coefficient (Wildman–Crippen LogP) is 5.21. The molecule has 2 heterocycles. The number of nitrogens with one attached hydrogen (secondary N) is 1. The lowest BCUT2D eigenvalue weighted by Gasteiger charge is -2.30. The highest BCUT2D eigenvalue weighted by atomic mass is 35.5. The molecule has 0 aliphatic carbocycles. The van der Waals surface area contributed by atoms with Gasteiger partial charge in [0.15, 0.2) is 11.5 Å². The van der Waals surface area contributed by atoms with E-state index in [9.17, 15) is 13.2 Å². The highest BCUT2D eigenvalue weighted by Gasteiger charge is 2.37. The molecule has 1 aliphatic heterocycles. The van der Waals surface area contributed by atoms with E-state index in [1.807, 2.05) is 11.4 Å². The van der Waals surface area contributed by atoms with Gasteiger partial charge in [-0.05, 0) is 84.0 Å². The van der Waals surface area contributed by atoms with E-state index in [0.29, 0.717) is 59.4 Å². The zero-order valence-electron chi connectivity index (χ0n) is 22.2. The number of nitrogens with zero attached hydrogens (tertiary/aromatic N) is 1. The van der Waals surface area contributed by atoms with Gasteiger partial charge in [-0.15, -0.1) is 0 Å². The van der Waals surface area contributed by atoms with Crippen molar-refractivity contribution in [3.05, 3.63) is 68.9 Å². The Kier molecular flexibility index (Phi) is 9.76. The van der Waals surface area contributed by atoms with Crippen LogP contribution < -0.4 is 19.5 Å². The molecule has 0 bridgehead atoms. The largest absolute Gasteiger partial charge is 0.493 e. The maximum Gasteiger partial charge on any atom is 0.244 e. The van der Waals surface area contributed by atoms with Crippen LogP contribution in [0.3, 0.4) is 0 Å². The van der Waals surface area contributed by atoms with Crippen molar-refractivity contribution >= 4 is 38.9 Å². The van der Waals surface area contributed by atoms with Crippen molar-refractivity contribution in [2.24, 2.45) is 0 Å². The molecule has 0 spiro atoms. The number of sulfonamides is 1. The van der Waals surface area contributed by atoms with E-state index < -0.39 is 16.1 Å². The van der Waals surface area contributed by atoms with E-state index in [1.54, 1.807) is 42.5 Å². The van der Waals surface area contributed by atoms with E-state index in [1.165, 1.54) is 30.2 Å². The third kappa shape index (κ3) is 6.69. The molecule has 11 heteroatoms. The van der Waals surface area contributed by atoms with Gasteiger partial charge in [-0.2, -0.15) is 15.6 Å². The number of benzene rings is 2. The van der Waals surface area contributed by atoms with Crippen LogP contribution in [-0.2, 0) is 27.8 Å². The van der Waals surface area contributed by atoms with Gasteiger partial charge in [0.05, 0.1) is 25.7 Å². The van der Waals surface area contributed by atoms with Crippen LogP contribution in [0.2, 0.25) is 5.02 Å². The maximum atomic E-state index is 14.1. The number of amides is 1. The summed E-state index contributed by atoms with van der Waals surface area (Å²) >= 11 is 7.92. The van der Waals surface area contributed by atoms with Crippen molar-refractivity contribution in [1.29, 1.82) is 0 Å². The molecule has 39 heavy (non-hydrogen) atoms. The molecular weight excluding hydrogens is 560 g/mol. The van der Waals surface area contributed by atoms with Gasteiger partial charge in [-0.3, -0.25) is 4.79 Å². The van der Waals surface area contributed by atoms with Crippen molar-refractivity contribution in [1.82, 2.24) is 9.62 Å². The third-order valence-corrected chi connectivity index (χ3v) is 9.88. The van der Waals surface area contributed by atoms with Crippen LogP contribution in [-0.4, -0.2) is 52.0 Å². The molecule has 1 amide bonds. The number of rotatable bonds is 11. The normalized spacial score (nSPS) is 16.0. The summed E-state index contributed by atoms with van der Waals surface area (Å²) in [6, 6.07) is 9.38. The van der Waals surface area contributed by atoms with Crippen molar-refractivity contribution in [2.45, 2.75) is 50.1 Å². The smallest absolute Gasteiger partial charge is 0.244 e. The molecule has 1 saturated heterocycles. The minimum Gasteiger partial charge on any atom is -0.493 e. The SMILES string of the molecule is COc1cc(CN([C@H]2CCCCNC2=O)S(=O)(=O)c2cccc(Cl)c2C)cc(OC)c1OCCc1ccsc1. The predicted molar refractivity (Wildman–Crippen MR) is 153 cm³/mol. The summed E-state index contributed by atoms with van der Waals surface area (Å²) < 4.78 is 46.7. The Bertz CT molecular complexity index is 1370. The van der Waals surface area contributed by atoms with Crippen molar-refractivity contribution < 1.29 is 27.4 Å². The van der Waals surface area contributed by atoms with Gasteiger partial charge in [0.1, 0.15) is 6.04 Å². The summed E-state index contributed by atoms with van der Waals surface area (Å²) in [4.78, 5) is 13.1. The van der Waals surface area contributed by atoms with Crippen LogP contribution >= 0.6 is 22.9 Å². The molecule has 4 rings (SSSR count). The Morgan fingerprint density at radius 1 is 1.10 bits per heavy atom. The summed E-state index contributed by atoms with van der Waals surface area (Å²) in [6.45, 7) is 2.52. The number of halogens is 1. The Morgan fingerprint density at radius 3 is 2.51 bits per heavy atom. The minimum absolute atomic E-state index is 0.0689. The van der Waals surface area contributed by atoms with Gasteiger partial charge in [0.2, 0.25) is 21.7 Å². The molecule has 0 radical (unpaired) electrons. The van der Waals surface area contributed by atoms with Crippen LogP contribution in [0.5, 0.6) is 17.2 Å². The Balaban J connectivity index is 1.71. The second kappa shape index (κ2) is 13.0. The lowest BCUT2D eigenvalue weighted by atomic mass is 10.1. The molecule has 0 unspecified atom stereocenters. The molecule has 1 atom stereocenters. The van der Waals surface area contributed by atoms with Gasteiger partial charge in [0.25, 0.3) is 0 Å². The quantitative estimate of drug-likeness (QED) is 0.329. The third-order valence-electron chi connectivity index (χ3n) is 6.73. The molecule has 1 N–H and O–H groups in total. The van der Waals surface area contributed by atoms with Crippen LogP contribution in [0.25, 0.3) is 0 Å². The highest BCUT2D eigenvalue weighted by Crippen LogP contribution is 2.40. The lowest BCUT2D eigenvalue weighted by Crippen LogP contribution is -2.48. The zero-order chi connectivity index (χ0) is 28.0. The van der Waals surface area contributed by atoms with E-state index in [0.717, 1.165) is 12.8 Å². The number of methoxy groups -OCH3 is 2. The average molecular weight is 593 g/mol. The molecule has 1 aliphatic rings. The Morgan fingerprint density at radius 2 is 1.85 bits per heavy atom. The number of ether oxygens (including phenoxy) is 3. The summed E-state index contributed by atoms with van der Waals surface area (Å²) in [6.07, 6.45) is 2.63. The molecule has 8 nitrogen and oxygen atoms in total. The Labute approximate surface area is 238 Å². The van der Waals surface area contributed by atoms with Crippen molar-refractivity contribution in [2.75, 3.05) is 27.4 Å². The first kappa shape index (κ1) is 29.2. The molecule has 1 fully saturated rings.